The van der Waals surface area contributed by atoms with Crippen molar-refractivity contribution in [2.45, 2.75) is 44.9 Å². The summed E-state index contributed by atoms with van der Waals surface area (Å²) in [5.41, 5.74) is 8.29. The summed E-state index contributed by atoms with van der Waals surface area (Å²) < 4.78 is 1.85. The Morgan fingerprint density at radius 1 is 1.05 bits per heavy atom. The summed E-state index contributed by atoms with van der Waals surface area (Å²) in [5.74, 6) is 1.52. The highest BCUT2D eigenvalue weighted by Gasteiger charge is 2.15. The largest absolute Gasteiger partial charge is 0.384 e. The topological polar surface area (TPSA) is 43.8 Å². The maximum Gasteiger partial charge on any atom is 0.127 e. The van der Waals surface area contributed by atoms with Gasteiger partial charge in [-0.2, -0.15) is 5.10 Å². The third kappa shape index (κ3) is 3.03. The normalized spacial score (nSPS) is 17.0. The fourth-order valence-electron chi connectivity index (χ4n) is 3.19. The highest BCUT2D eigenvalue weighted by molar-refractivity contribution is 5.42. The van der Waals surface area contributed by atoms with E-state index in [1.54, 1.807) is 0 Å². The SMILES string of the molecule is Nc1cc(CC2CCCCCC2)nn1-c1ccccc1. The van der Waals surface area contributed by atoms with Crippen LogP contribution in [-0.4, -0.2) is 9.78 Å². The van der Waals surface area contributed by atoms with Gasteiger partial charge in [-0.25, -0.2) is 4.68 Å². The first-order valence-corrected chi connectivity index (χ1v) is 7.73. The molecule has 0 unspecified atom stereocenters. The lowest BCUT2D eigenvalue weighted by Gasteiger charge is -2.11. The van der Waals surface area contributed by atoms with Crippen LogP contribution in [0, 0.1) is 5.92 Å². The van der Waals surface area contributed by atoms with Crippen LogP contribution in [0.1, 0.15) is 44.2 Å². The van der Waals surface area contributed by atoms with Gasteiger partial charge in [0.1, 0.15) is 5.82 Å². The minimum Gasteiger partial charge on any atom is -0.384 e. The van der Waals surface area contributed by atoms with E-state index in [0.29, 0.717) is 0 Å². The molecule has 0 bridgehead atoms. The van der Waals surface area contributed by atoms with Gasteiger partial charge in [-0.05, 0) is 24.5 Å². The van der Waals surface area contributed by atoms with Gasteiger partial charge in [0.2, 0.25) is 0 Å². The minimum atomic E-state index is 0.736. The molecular formula is C17H23N3. The zero-order valence-electron chi connectivity index (χ0n) is 12.0. The minimum absolute atomic E-state index is 0.736. The summed E-state index contributed by atoms with van der Waals surface area (Å²) in [4.78, 5) is 0. The van der Waals surface area contributed by atoms with Crippen molar-refractivity contribution < 1.29 is 0 Å². The second-order valence-corrected chi connectivity index (χ2v) is 5.87. The molecule has 106 valence electrons. The molecule has 1 aromatic carbocycles. The Labute approximate surface area is 120 Å². The molecule has 1 aliphatic carbocycles. The molecule has 0 amide bonds. The van der Waals surface area contributed by atoms with Crippen LogP contribution in [-0.2, 0) is 6.42 Å². The van der Waals surface area contributed by atoms with E-state index in [9.17, 15) is 0 Å². The zero-order valence-corrected chi connectivity index (χ0v) is 12.0. The van der Waals surface area contributed by atoms with Crippen LogP contribution in [0.15, 0.2) is 36.4 Å². The smallest absolute Gasteiger partial charge is 0.127 e. The van der Waals surface area contributed by atoms with Gasteiger partial charge in [0, 0.05) is 6.07 Å². The predicted octanol–water partition coefficient (Wildman–Crippen LogP) is 3.97. The fraction of sp³-hybridized carbons (Fsp3) is 0.471. The number of para-hydroxylation sites is 1. The van der Waals surface area contributed by atoms with Gasteiger partial charge in [-0.1, -0.05) is 56.7 Å². The zero-order chi connectivity index (χ0) is 13.8. The van der Waals surface area contributed by atoms with E-state index in [1.165, 1.54) is 38.5 Å². The van der Waals surface area contributed by atoms with Crippen molar-refractivity contribution in [3.8, 4) is 5.69 Å². The average molecular weight is 269 g/mol. The fourth-order valence-corrected chi connectivity index (χ4v) is 3.19. The Hall–Kier alpha value is -1.77. The first-order chi connectivity index (χ1) is 9.83. The van der Waals surface area contributed by atoms with Crippen LogP contribution in [0.25, 0.3) is 5.69 Å². The number of hydrogen-bond acceptors (Lipinski definition) is 2. The average Bonchev–Trinajstić information content (AvgIpc) is 2.67. The van der Waals surface area contributed by atoms with Crippen molar-refractivity contribution in [1.29, 1.82) is 0 Å². The maximum atomic E-state index is 6.11. The van der Waals surface area contributed by atoms with E-state index in [-0.39, 0.29) is 0 Å². The lowest BCUT2D eigenvalue weighted by Crippen LogP contribution is -2.05. The second kappa shape index (κ2) is 6.12. The molecule has 0 atom stereocenters. The predicted molar refractivity (Wildman–Crippen MR) is 82.9 cm³/mol. The molecule has 3 heteroatoms. The van der Waals surface area contributed by atoms with Gasteiger partial charge in [0.25, 0.3) is 0 Å². The summed E-state index contributed by atoms with van der Waals surface area (Å²) in [7, 11) is 0. The van der Waals surface area contributed by atoms with Crippen molar-refractivity contribution in [2.75, 3.05) is 5.73 Å². The Morgan fingerprint density at radius 2 is 1.75 bits per heavy atom. The van der Waals surface area contributed by atoms with Crippen LogP contribution < -0.4 is 5.73 Å². The van der Waals surface area contributed by atoms with E-state index in [1.807, 2.05) is 41.1 Å². The number of rotatable bonds is 3. The Morgan fingerprint density at radius 3 is 2.45 bits per heavy atom. The van der Waals surface area contributed by atoms with E-state index < -0.39 is 0 Å². The molecule has 0 saturated heterocycles. The van der Waals surface area contributed by atoms with Crippen LogP contribution in [0.4, 0.5) is 5.82 Å². The number of benzene rings is 1. The van der Waals surface area contributed by atoms with Crippen molar-refractivity contribution in [2.24, 2.45) is 5.92 Å². The quantitative estimate of drug-likeness (QED) is 0.857. The molecule has 1 aliphatic rings. The maximum absolute atomic E-state index is 6.11. The van der Waals surface area contributed by atoms with Gasteiger partial charge in [-0.15, -0.1) is 0 Å². The van der Waals surface area contributed by atoms with Gasteiger partial charge < -0.3 is 5.73 Å². The van der Waals surface area contributed by atoms with Crippen molar-refractivity contribution in [1.82, 2.24) is 9.78 Å². The van der Waals surface area contributed by atoms with E-state index in [4.69, 9.17) is 10.8 Å². The molecular weight excluding hydrogens is 246 g/mol. The van der Waals surface area contributed by atoms with Crippen LogP contribution in [0.5, 0.6) is 0 Å². The van der Waals surface area contributed by atoms with Crippen molar-refractivity contribution >= 4 is 5.82 Å². The Bertz CT molecular complexity index is 537. The summed E-state index contributed by atoms with van der Waals surface area (Å²) in [5, 5.41) is 4.70. The van der Waals surface area contributed by atoms with Crippen molar-refractivity contribution in [3.63, 3.8) is 0 Å². The molecule has 2 N–H and O–H groups in total. The Kier molecular flexibility index (Phi) is 4.05. The monoisotopic (exact) mass is 269 g/mol. The third-order valence-corrected chi connectivity index (χ3v) is 4.26. The number of nitrogens with two attached hydrogens (primary N) is 1. The van der Waals surface area contributed by atoms with Gasteiger partial charge >= 0.3 is 0 Å². The summed E-state index contributed by atoms with van der Waals surface area (Å²) in [6, 6.07) is 12.2. The molecule has 2 aromatic rings. The molecule has 0 aliphatic heterocycles. The standard InChI is InChI=1S/C17H23N3/c18-17-13-15(12-14-8-4-1-2-5-9-14)19-20(17)16-10-6-3-7-11-16/h3,6-7,10-11,13-14H,1-2,4-5,8-9,12,18H2. The molecule has 1 fully saturated rings. The van der Waals surface area contributed by atoms with Crippen LogP contribution in [0.2, 0.25) is 0 Å². The van der Waals surface area contributed by atoms with E-state index >= 15 is 0 Å². The Balaban J connectivity index is 1.75. The van der Waals surface area contributed by atoms with Crippen LogP contribution in [0.3, 0.4) is 0 Å². The third-order valence-electron chi connectivity index (χ3n) is 4.26. The number of nitrogens with zero attached hydrogens (tertiary/aromatic N) is 2. The summed E-state index contributed by atoms with van der Waals surface area (Å²) >= 11 is 0. The molecule has 20 heavy (non-hydrogen) atoms. The van der Waals surface area contributed by atoms with Crippen LogP contribution >= 0.6 is 0 Å². The highest BCUT2D eigenvalue weighted by atomic mass is 15.3. The first-order valence-electron chi connectivity index (χ1n) is 7.73. The van der Waals surface area contributed by atoms with E-state index in [2.05, 4.69) is 0 Å². The lowest BCUT2D eigenvalue weighted by atomic mass is 9.95. The number of nitrogen functional groups attached to an aromatic ring is 1. The first kappa shape index (κ1) is 13.2. The number of hydrogen-bond donors (Lipinski definition) is 1. The molecule has 0 radical (unpaired) electrons. The second-order valence-electron chi connectivity index (χ2n) is 5.87. The number of aromatic nitrogens is 2. The van der Waals surface area contributed by atoms with Gasteiger partial charge in [0.15, 0.2) is 0 Å². The summed E-state index contributed by atoms with van der Waals surface area (Å²) in [6.45, 7) is 0. The van der Waals surface area contributed by atoms with E-state index in [0.717, 1.165) is 29.5 Å². The van der Waals surface area contributed by atoms with Gasteiger partial charge in [-0.3, -0.25) is 0 Å². The highest BCUT2D eigenvalue weighted by Crippen LogP contribution is 2.26. The van der Waals surface area contributed by atoms with Gasteiger partial charge in [0.05, 0.1) is 11.4 Å². The molecule has 1 aromatic heterocycles. The molecule has 1 heterocycles. The molecule has 3 rings (SSSR count). The lowest BCUT2D eigenvalue weighted by molar-refractivity contribution is 0.452. The number of anilines is 1. The molecule has 0 spiro atoms. The molecule has 3 nitrogen and oxygen atoms in total. The van der Waals surface area contributed by atoms with Crippen molar-refractivity contribution in [3.05, 3.63) is 42.1 Å². The molecule has 1 saturated carbocycles. The summed E-state index contributed by atoms with van der Waals surface area (Å²) in [6.07, 6.45) is 9.31.